The molecule has 0 bridgehead atoms. The molecule has 0 aliphatic heterocycles. The number of carboxylic acid groups (broad SMARTS) is 1. The predicted molar refractivity (Wildman–Crippen MR) is 146 cm³/mol. The highest BCUT2D eigenvalue weighted by Gasteiger charge is 2.33. The van der Waals surface area contributed by atoms with Crippen molar-refractivity contribution in [3.63, 3.8) is 0 Å². The van der Waals surface area contributed by atoms with Gasteiger partial charge in [0.1, 0.15) is 17.6 Å². The molecule has 1 aliphatic carbocycles. The Morgan fingerprint density at radius 3 is 2.50 bits per heavy atom. The summed E-state index contributed by atoms with van der Waals surface area (Å²) >= 11 is 0. The zero-order valence-corrected chi connectivity index (χ0v) is 22.3. The van der Waals surface area contributed by atoms with Crippen molar-refractivity contribution >= 4 is 29.2 Å². The van der Waals surface area contributed by atoms with Gasteiger partial charge in [0.05, 0.1) is 0 Å². The lowest BCUT2D eigenvalue weighted by Crippen LogP contribution is -2.48. The fourth-order valence-corrected chi connectivity index (χ4v) is 4.98. The Balaban J connectivity index is 1.32. The monoisotopic (exact) mass is 543 g/mol. The maximum Gasteiger partial charge on any atom is 0.535 e. The summed E-state index contributed by atoms with van der Waals surface area (Å²) in [6, 6.07) is 20.1. The van der Waals surface area contributed by atoms with Crippen LogP contribution < -0.4 is 10.2 Å². The number of fused-ring (bicyclic) bond motifs is 4. The van der Waals surface area contributed by atoms with E-state index >= 15 is 0 Å². The SMILES string of the molecule is CC(C)(C)N(CCNC(=O)c1cccc2c1-c1ccccc1C2COC(=O)On1nnc2ccccc21)C(=O)O. The fourth-order valence-electron chi connectivity index (χ4n) is 4.98. The van der Waals surface area contributed by atoms with Crippen LogP contribution in [0.3, 0.4) is 0 Å². The van der Waals surface area contributed by atoms with Crippen LogP contribution in [0.15, 0.2) is 66.7 Å². The molecule has 5 rings (SSSR count). The van der Waals surface area contributed by atoms with Crippen LogP contribution >= 0.6 is 0 Å². The van der Waals surface area contributed by atoms with Gasteiger partial charge in [-0.2, -0.15) is 0 Å². The second kappa shape index (κ2) is 10.7. The Kier molecular flexibility index (Phi) is 7.12. The summed E-state index contributed by atoms with van der Waals surface area (Å²) in [5.41, 5.74) is 4.35. The van der Waals surface area contributed by atoms with Crippen molar-refractivity contribution in [2.24, 2.45) is 0 Å². The summed E-state index contributed by atoms with van der Waals surface area (Å²) < 4.78 is 5.50. The third-order valence-electron chi connectivity index (χ3n) is 6.83. The number of carbonyl (C=O) groups is 3. The van der Waals surface area contributed by atoms with Crippen molar-refractivity contribution in [3.05, 3.63) is 83.4 Å². The minimum Gasteiger partial charge on any atom is -0.465 e. The van der Waals surface area contributed by atoms with Gasteiger partial charge in [-0.25, -0.2) is 9.59 Å². The molecule has 0 saturated carbocycles. The fraction of sp³-hybridized carbons (Fsp3) is 0.276. The van der Waals surface area contributed by atoms with Gasteiger partial charge in [0.15, 0.2) is 0 Å². The van der Waals surface area contributed by atoms with Gasteiger partial charge < -0.3 is 20.1 Å². The summed E-state index contributed by atoms with van der Waals surface area (Å²) in [5, 5.41) is 20.2. The predicted octanol–water partition coefficient (Wildman–Crippen LogP) is 4.32. The molecule has 4 aromatic rings. The number of ether oxygens (including phenoxy) is 1. The first-order valence-corrected chi connectivity index (χ1v) is 12.8. The van der Waals surface area contributed by atoms with Crippen LogP contribution in [0.1, 0.15) is 48.2 Å². The number of nitrogens with one attached hydrogen (secondary N) is 1. The van der Waals surface area contributed by atoms with E-state index in [1.165, 1.54) is 4.90 Å². The quantitative estimate of drug-likeness (QED) is 0.260. The Morgan fingerprint density at radius 1 is 1.00 bits per heavy atom. The zero-order valence-electron chi connectivity index (χ0n) is 22.3. The maximum atomic E-state index is 13.3. The van der Waals surface area contributed by atoms with E-state index < -0.39 is 17.8 Å². The number of amides is 2. The number of benzene rings is 3. The van der Waals surface area contributed by atoms with E-state index in [1.807, 2.05) is 30.3 Å². The van der Waals surface area contributed by atoms with Crippen molar-refractivity contribution in [1.29, 1.82) is 0 Å². The first kappa shape index (κ1) is 26.7. The standard InChI is InChI=1S/C29H29N5O6/c1-29(2,3)33(27(36)37)16-15-30-26(35)21-12-8-11-20-22(18-9-4-5-10-19(18)25(20)21)17-39-28(38)40-34-24-14-7-6-13-23(24)31-32-34/h4-14,22H,15-17H2,1-3H3,(H,30,35)(H,36,37). The maximum absolute atomic E-state index is 13.3. The molecule has 2 amide bonds. The van der Waals surface area contributed by atoms with Gasteiger partial charge in [-0.15, -0.1) is 5.10 Å². The first-order chi connectivity index (χ1) is 19.1. The minimum atomic E-state index is -1.05. The Hall–Kier alpha value is -4.93. The van der Waals surface area contributed by atoms with Gasteiger partial charge in [-0.1, -0.05) is 53.4 Å². The van der Waals surface area contributed by atoms with Crippen LogP contribution in [0.5, 0.6) is 0 Å². The molecule has 1 aliphatic rings. The lowest BCUT2D eigenvalue weighted by Gasteiger charge is -2.33. The molecule has 2 N–H and O–H groups in total. The largest absolute Gasteiger partial charge is 0.535 e. The number of hydrogen-bond donors (Lipinski definition) is 2. The molecule has 40 heavy (non-hydrogen) atoms. The highest BCUT2D eigenvalue weighted by Crippen LogP contribution is 2.46. The normalized spacial score (nSPS) is 13.8. The third kappa shape index (κ3) is 5.18. The number of hydrogen-bond acceptors (Lipinski definition) is 7. The zero-order chi connectivity index (χ0) is 28.4. The molecular formula is C29H29N5O6. The summed E-state index contributed by atoms with van der Waals surface area (Å²) in [4.78, 5) is 45.0. The van der Waals surface area contributed by atoms with Gasteiger partial charge in [-0.05, 0) is 66.4 Å². The second-order valence-electron chi connectivity index (χ2n) is 10.4. The van der Waals surface area contributed by atoms with Crippen molar-refractivity contribution in [2.75, 3.05) is 19.7 Å². The van der Waals surface area contributed by atoms with E-state index in [4.69, 9.17) is 9.57 Å². The number of aromatic nitrogens is 3. The van der Waals surface area contributed by atoms with Crippen molar-refractivity contribution in [1.82, 2.24) is 25.4 Å². The highest BCUT2D eigenvalue weighted by atomic mass is 16.8. The van der Waals surface area contributed by atoms with Crippen LogP contribution in [0.2, 0.25) is 0 Å². The summed E-state index contributed by atoms with van der Waals surface area (Å²) in [5.74, 6) is -0.632. The van der Waals surface area contributed by atoms with Gasteiger partial charge in [0.2, 0.25) is 0 Å². The molecule has 3 aromatic carbocycles. The molecular weight excluding hydrogens is 514 g/mol. The van der Waals surface area contributed by atoms with E-state index in [0.29, 0.717) is 16.6 Å². The molecule has 0 spiro atoms. The van der Waals surface area contributed by atoms with Crippen LogP contribution in [-0.2, 0) is 4.74 Å². The van der Waals surface area contributed by atoms with Gasteiger partial charge in [-0.3, -0.25) is 9.63 Å². The Bertz CT molecular complexity index is 1590. The van der Waals surface area contributed by atoms with Gasteiger partial charge in [0, 0.05) is 30.1 Å². The molecule has 1 unspecified atom stereocenters. The van der Waals surface area contributed by atoms with Crippen LogP contribution in [-0.4, -0.2) is 68.6 Å². The van der Waals surface area contributed by atoms with Crippen LogP contribution in [0, 0.1) is 0 Å². The smallest absolute Gasteiger partial charge is 0.465 e. The molecule has 1 aromatic heterocycles. The first-order valence-electron chi connectivity index (χ1n) is 12.8. The highest BCUT2D eigenvalue weighted by molar-refractivity contribution is 6.03. The van der Waals surface area contributed by atoms with Crippen molar-refractivity contribution in [2.45, 2.75) is 32.2 Å². The van der Waals surface area contributed by atoms with E-state index in [0.717, 1.165) is 27.1 Å². The molecule has 11 nitrogen and oxygen atoms in total. The van der Waals surface area contributed by atoms with Gasteiger partial charge in [0.25, 0.3) is 5.91 Å². The lowest BCUT2D eigenvalue weighted by molar-refractivity contribution is 0.0379. The van der Waals surface area contributed by atoms with Crippen LogP contribution in [0.4, 0.5) is 9.59 Å². The van der Waals surface area contributed by atoms with Gasteiger partial charge >= 0.3 is 12.2 Å². The molecule has 1 heterocycles. The lowest BCUT2D eigenvalue weighted by atomic mass is 9.96. The van der Waals surface area contributed by atoms with Crippen LogP contribution in [0.25, 0.3) is 22.2 Å². The number of nitrogens with zero attached hydrogens (tertiary/aromatic N) is 4. The molecule has 11 heteroatoms. The molecule has 1 atom stereocenters. The average Bonchev–Trinajstić information content (AvgIpc) is 3.47. The molecule has 0 saturated heterocycles. The number of carbonyl (C=O) groups excluding carboxylic acids is 2. The topological polar surface area (TPSA) is 136 Å². The Labute approximate surface area is 230 Å². The second-order valence-corrected chi connectivity index (χ2v) is 10.4. The summed E-state index contributed by atoms with van der Waals surface area (Å²) in [7, 11) is 0. The summed E-state index contributed by atoms with van der Waals surface area (Å²) in [6.45, 7) is 5.70. The van der Waals surface area contributed by atoms with Crippen molar-refractivity contribution < 1.29 is 29.1 Å². The molecule has 0 radical (unpaired) electrons. The van der Waals surface area contributed by atoms with E-state index in [9.17, 15) is 19.5 Å². The third-order valence-corrected chi connectivity index (χ3v) is 6.83. The van der Waals surface area contributed by atoms with E-state index in [-0.39, 0.29) is 31.5 Å². The number of para-hydroxylation sites is 1. The van der Waals surface area contributed by atoms with E-state index in [1.54, 1.807) is 57.2 Å². The van der Waals surface area contributed by atoms with Crippen molar-refractivity contribution in [3.8, 4) is 11.1 Å². The molecule has 0 fully saturated rings. The average molecular weight is 544 g/mol. The molecule has 206 valence electrons. The Morgan fingerprint density at radius 2 is 1.73 bits per heavy atom. The summed E-state index contributed by atoms with van der Waals surface area (Å²) in [6.07, 6.45) is -1.98. The van der Waals surface area contributed by atoms with E-state index in [2.05, 4.69) is 15.6 Å². The minimum absolute atomic E-state index is 0.0142. The number of rotatable bonds is 7.